The van der Waals surface area contributed by atoms with Crippen LogP contribution in [0.15, 0.2) is 18.5 Å². The van der Waals surface area contributed by atoms with Crippen LogP contribution in [0.4, 0.5) is 0 Å². The minimum absolute atomic E-state index is 0.0722. The van der Waals surface area contributed by atoms with Gasteiger partial charge < -0.3 is 15.7 Å². The van der Waals surface area contributed by atoms with Crippen LogP contribution in [0.2, 0.25) is 0 Å². The van der Waals surface area contributed by atoms with E-state index in [1.54, 1.807) is 4.90 Å². The van der Waals surface area contributed by atoms with Gasteiger partial charge in [0.05, 0.1) is 11.8 Å². The zero-order valence-electron chi connectivity index (χ0n) is 7.55. The van der Waals surface area contributed by atoms with E-state index in [2.05, 4.69) is 4.98 Å². The molecule has 0 aliphatic carbocycles. The van der Waals surface area contributed by atoms with Gasteiger partial charge in [-0.05, 0) is 6.07 Å². The molecule has 1 aromatic heterocycles. The van der Waals surface area contributed by atoms with E-state index in [9.17, 15) is 9.90 Å². The third-order valence-electron chi connectivity index (χ3n) is 2.23. The molecule has 5 heteroatoms. The van der Waals surface area contributed by atoms with Crippen LogP contribution >= 0.6 is 0 Å². The lowest BCUT2D eigenvalue weighted by molar-refractivity contribution is 0.0605. The lowest BCUT2D eigenvalue weighted by Gasteiger charge is -2.36. The van der Waals surface area contributed by atoms with E-state index < -0.39 is 0 Å². The Labute approximate surface area is 81.2 Å². The number of pyridine rings is 1. The van der Waals surface area contributed by atoms with Gasteiger partial charge in [-0.25, -0.2) is 0 Å². The van der Waals surface area contributed by atoms with Gasteiger partial charge >= 0.3 is 0 Å². The maximum Gasteiger partial charge on any atom is 0.257 e. The van der Waals surface area contributed by atoms with Crippen LogP contribution in [0.25, 0.3) is 0 Å². The molecule has 74 valence electrons. The molecule has 2 heterocycles. The Morgan fingerprint density at radius 3 is 2.93 bits per heavy atom. The fourth-order valence-corrected chi connectivity index (χ4v) is 1.42. The third-order valence-corrected chi connectivity index (χ3v) is 2.23. The Hall–Kier alpha value is -1.62. The summed E-state index contributed by atoms with van der Waals surface area (Å²) in [5, 5.41) is 9.37. The molecule has 1 aromatic rings. The summed E-state index contributed by atoms with van der Waals surface area (Å²) in [6, 6.07) is 1.57. The maximum atomic E-state index is 11.7. The summed E-state index contributed by atoms with van der Waals surface area (Å²) in [7, 11) is 0. The number of rotatable bonds is 1. The number of aromatic nitrogens is 1. The van der Waals surface area contributed by atoms with E-state index >= 15 is 0 Å². The minimum Gasteiger partial charge on any atom is -0.505 e. The van der Waals surface area contributed by atoms with Gasteiger partial charge in [0, 0.05) is 25.3 Å². The Morgan fingerprint density at radius 1 is 1.64 bits per heavy atom. The van der Waals surface area contributed by atoms with Crippen LogP contribution in [0.3, 0.4) is 0 Å². The minimum atomic E-state index is -0.188. The first kappa shape index (κ1) is 8.96. The summed E-state index contributed by atoms with van der Waals surface area (Å²) in [6.45, 7) is 1.11. The average molecular weight is 193 g/mol. The van der Waals surface area contributed by atoms with Crippen LogP contribution in [0.1, 0.15) is 10.4 Å². The summed E-state index contributed by atoms with van der Waals surface area (Å²) in [5.41, 5.74) is 5.84. The fraction of sp³-hybridized carbons (Fsp3) is 0.333. The maximum absolute atomic E-state index is 11.7. The quantitative estimate of drug-likeness (QED) is 0.634. The number of likely N-dealkylation sites (tertiary alicyclic amines) is 1. The van der Waals surface area contributed by atoms with Gasteiger partial charge in [0.2, 0.25) is 0 Å². The second kappa shape index (κ2) is 3.26. The molecule has 3 N–H and O–H groups in total. The van der Waals surface area contributed by atoms with Crippen molar-refractivity contribution in [2.45, 2.75) is 6.04 Å². The summed E-state index contributed by atoms with van der Waals surface area (Å²) in [5.74, 6) is -0.274. The summed E-state index contributed by atoms with van der Waals surface area (Å²) in [4.78, 5) is 17.0. The van der Waals surface area contributed by atoms with Crippen molar-refractivity contribution in [3.05, 3.63) is 24.0 Å². The monoisotopic (exact) mass is 193 g/mol. The van der Waals surface area contributed by atoms with E-state index in [1.807, 2.05) is 0 Å². The van der Waals surface area contributed by atoms with Crippen LogP contribution in [-0.4, -0.2) is 40.0 Å². The van der Waals surface area contributed by atoms with Crippen molar-refractivity contribution in [2.75, 3.05) is 13.1 Å². The number of nitrogens with zero attached hydrogens (tertiary/aromatic N) is 2. The first-order valence-electron chi connectivity index (χ1n) is 4.36. The van der Waals surface area contributed by atoms with Gasteiger partial charge in [-0.3, -0.25) is 9.78 Å². The topological polar surface area (TPSA) is 79.5 Å². The molecule has 1 aliphatic heterocycles. The predicted molar refractivity (Wildman–Crippen MR) is 49.8 cm³/mol. The Bertz CT molecular complexity index is 361. The number of hydrogen-bond acceptors (Lipinski definition) is 4. The average Bonchev–Trinajstić information content (AvgIpc) is 2.13. The number of carbonyl (C=O) groups excluding carboxylic acids is 1. The highest BCUT2D eigenvalue weighted by atomic mass is 16.3. The molecule has 14 heavy (non-hydrogen) atoms. The molecular formula is C9H11N3O2. The Balaban J connectivity index is 2.16. The molecule has 1 aliphatic rings. The molecule has 1 amide bonds. The summed E-state index contributed by atoms with van der Waals surface area (Å²) < 4.78 is 0. The number of nitrogens with two attached hydrogens (primary N) is 1. The lowest BCUT2D eigenvalue weighted by atomic mass is 10.1. The largest absolute Gasteiger partial charge is 0.505 e. The van der Waals surface area contributed by atoms with Crippen molar-refractivity contribution < 1.29 is 9.90 Å². The molecule has 1 fully saturated rings. The van der Waals surface area contributed by atoms with E-state index in [1.165, 1.54) is 18.5 Å². The molecule has 1 saturated heterocycles. The smallest absolute Gasteiger partial charge is 0.257 e. The SMILES string of the molecule is NC1CN(C(=O)c2ccncc2O)C1. The molecule has 0 spiro atoms. The fourth-order valence-electron chi connectivity index (χ4n) is 1.42. The lowest BCUT2D eigenvalue weighted by Crippen LogP contribution is -2.57. The molecule has 0 aromatic carbocycles. The van der Waals surface area contributed by atoms with Crippen molar-refractivity contribution in [1.29, 1.82) is 0 Å². The van der Waals surface area contributed by atoms with Crippen LogP contribution in [-0.2, 0) is 0 Å². The van der Waals surface area contributed by atoms with E-state index in [-0.39, 0.29) is 23.3 Å². The second-order valence-corrected chi connectivity index (χ2v) is 3.36. The molecule has 5 nitrogen and oxygen atoms in total. The molecule has 0 radical (unpaired) electrons. The van der Waals surface area contributed by atoms with Crippen molar-refractivity contribution >= 4 is 5.91 Å². The summed E-state index contributed by atoms with van der Waals surface area (Å²) in [6.07, 6.45) is 2.74. The van der Waals surface area contributed by atoms with Gasteiger partial charge in [0.15, 0.2) is 0 Å². The van der Waals surface area contributed by atoms with E-state index in [4.69, 9.17) is 5.73 Å². The highest BCUT2D eigenvalue weighted by molar-refractivity contribution is 5.97. The number of carbonyl (C=O) groups is 1. The van der Waals surface area contributed by atoms with Gasteiger partial charge in [-0.2, -0.15) is 0 Å². The van der Waals surface area contributed by atoms with Gasteiger partial charge in [0.25, 0.3) is 5.91 Å². The van der Waals surface area contributed by atoms with Gasteiger partial charge in [-0.15, -0.1) is 0 Å². The van der Waals surface area contributed by atoms with E-state index in [0.717, 1.165) is 0 Å². The standard InChI is InChI=1S/C9H11N3O2/c10-6-4-12(5-6)9(14)7-1-2-11-3-8(7)13/h1-3,6,13H,4-5,10H2. The zero-order chi connectivity index (χ0) is 10.1. The second-order valence-electron chi connectivity index (χ2n) is 3.36. The summed E-state index contributed by atoms with van der Waals surface area (Å²) >= 11 is 0. The normalized spacial score (nSPS) is 16.5. The highest BCUT2D eigenvalue weighted by Gasteiger charge is 2.29. The molecular weight excluding hydrogens is 182 g/mol. The van der Waals surface area contributed by atoms with Crippen LogP contribution in [0.5, 0.6) is 5.75 Å². The van der Waals surface area contributed by atoms with Gasteiger partial charge in [-0.1, -0.05) is 0 Å². The zero-order valence-corrected chi connectivity index (χ0v) is 7.55. The first-order valence-corrected chi connectivity index (χ1v) is 4.36. The first-order chi connectivity index (χ1) is 6.68. The molecule has 0 bridgehead atoms. The van der Waals surface area contributed by atoms with Crippen molar-refractivity contribution in [3.8, 4) is 5.75 Å². The predicted octanol–water partition coefficient (Wildman–Crippen LogP) is -0.430. The molecule has 0 unspecified atom stereocenters. The Kier molecular flexibility index (Phi) is 2.09. The number of amides is 1. The Morgan fingerprint density at radius 2 is 2.36 bits per heavy atom. The number of aromatic hydroxyl groups is 1. The molecule has 2 rings (SSSR count). The van der Waals surface area contributed by atoms with Crippen LogP contribution < -0.4 is 5.73 Å². The van der Waals surface area contributed by atoms with E-state index in [0.29, 0.717) is 13.1 Å². The van der Waals surface area contributed by atoms with Crippen molar-refractivity contribution in [1.82, 2.24) is 9.88 Å². The number of hydrogen-bond donors (Lipinski definition) is 2. The van der Waals surface area contributed by atoms with Crippen molar-refractivity contribution in [3.63, 3.8) is 0 Å². The molecule has 0 saturated carbocycles. The van der Waals surface area contributed by atoms with Gasteiger partial charge in [0.1, 0.15) is 5.75 Å². The molecule has 0 atom stereocenters. The highest BCUT2D eigenvalue weighted by Crippen LogP contribution is 2.19. The van der Waals surface area contributed by atoms with Crippen molar-refractivity contribution in [2.24, 2.45) is 5.73 Å². The third kappa shape index (κ3) is 1.42. The van der Waals surface area contributed by atoms with Crippen LogP contribution in [0, 0.1) is 0 Å².